The van der Waals surface area contributed by atoms with E-state index in [1.165, 1.54) is 12.4 Å². The van der Waals surface area contributed by atoms with Crippen LogP contribution < -0.4 is 21.2 Å². The molecule has 0 atom stereocenters. The smallest absolute Gasteiger partial charge is 0.254 e. The minimum atomic E-state index is -3.33. The van der Waals surface area contributed by atoms with Crippen LogP contribution >= 0.6 is 0 Å². The highest BCUT2D eigenvalue weighted by molar-refractivity contribution is 7.89. The number of nitrogens with one attached hydrogen (secondary N) is 2. The van der Waals surface area contributed by atoms with Crippen LogP contribution in [0, 0.1) is 0 Å². The fraction of sp³-hybridized carbons (Fsp3) is 0.440. The molecule has 1 fully saturated rings. The molecule has 36 heavy (non-hydrogen) atoms. The SMILES string of the molecule is CC(C)NS(=O)(=O)CCc1ccc(Nc2ncc3c(=O)c(C(N)=O)cn(C4CCCCC4)c3n2)cc1. The van der Waals surface area contributed by atoms with E-state index in [1.807, 2.05) is 28.8 Å². The highest BCUT2D eigenvalue weighted by Gasteiger charge is 2.22. The first-order valence-electron chi connectivity index (χ1n) is 12.2. The summed E-state index contributed by atoms with van der Waals surface area (Å²) in [6, 6.07) is 7.35. The van der Waals surface area contributed by atoms with Crippen molar-refractivity contribution >= 4 is 38.6 Å². The number of amides is 1. The maximum atomic E-state index is 12.8. The number of hydrogen-bond acceptors (Lipinski definition) is 7. The number of nitrogens with two attached hydrogens (primary N) is 1. The van der Waals surface area contributed by atoms with Gasteiger partial charge in [0.05, 0.1) is 11.1 Å². The van der Waals surface area contributed by atoms with Gasteiger partial charge >= 0.3 is 0 Å². The number of aromatic nitrogens is 3. The summed E-state index contributed by atoms with van der Waals surface area (Å²) in [5.74, 6) is -0.436. The largest absolute Gasteiger partial charge is 0.365 e. The summed E-state index contributed by atoms with van der Waals surface area (Å²) in [7, 11) is -3.33. The zero-order chi connectivity index (χ0) is 25.9. The standard InChI is InChI=1S/C25H32N6O4S/c1-16(2)30-36(34,35)13-12-17-8-10-18(11-9-17)28-25-27-14-20-22(32)21(23(26)33)15-31(24(20)29-25)19-6-4-3-5-7-19/h8-11,14-16,19,30H,3-7,12-13H2,1-2H3,(H2,26,33)(H,27,28,29). The Morgan fingerprint density at radius 3 is 2.50 bits per heavy atom. The van der Waals surface area contributed by atoms with Gasteiger partial charge < -0.3 is 15.6 Å². The van der Waals surface area contributed by atoms with Gasteiger partial charge in [0, 0.05) is 30.2 Å². The second-order valence-electron chi connectivity index (χ2n) is 9.53. The Kier molecular flexibility index (Phi) is 7.70. The zero-order valence-electron chi connectivity index (χ0n) is 20.5. The maximum absolute atomic E-state index is 12.8. The summed E-state index contributed by atoms with van der Waals surface area (Å²) < 4.78 is 28.6. The number of fused-ring (bicyclic) bond motifs is 1. The van der Waals surface area contributed by atoms with E-state index in [1.54, 1.807) is 13.8 Å². The first kappa shape index (κ1) is 25.8. The molecule has 0 radical (unpaired) electrons. The van der Waals surface area contributed by atoms with E-state index in [2.05, 4.69) is 20.0 Å². The van der Waals surface area contributed by atoms with Gasteiger partial charge in [0.15, 0.2) is 0 Å². The molecule has 0 unspecified atom stereocenters. The van der Waals surface area contributed by atoms with Crippen LogP contribution in [0.15, 0.2) is 41.5 Å². The molecule has 2 aromatic heterocycles. The molecule has 1 amide bonds. The van der Waals surface area contributed by atoms with E-state index >= 15 is 0 Å². The number of sulfonamides is 1. The number of rotatable bonds is 9. The van der Waals surface area contributed by atoms with Crippen molar-refractivity contribution in [2.45, 2.75) is 64.5 Å². The minimum Gasteiger partial charge on any atom is -0.365 e. The van der Waals surface area contributed by atoms with Crippen molar-refractivity contribution in [3.63, 3.8) is 0 Å². The quantitative estimate of drug-likeness (QED) is 0.399. The van der Waals surface area contributed by atoms with Crippen molar-refractivity contribution in [2.24, 2.45) is 5.73 Å². The van der Waals surface area contributed by atoms with Gasteiger partial charge in [0.2, 0.25) is 21.4 Å². The number of benzene rings is 1. The molecule has 1 aliphatic carbocycles. The molecule has 4 N–H and O–H groups in total. The van der Waals surface area contributed by atoms with E-state index < -0.39 is 21.4 Å². The molecule has 0 aliphatic heterocycles. The molecule has 3 aromatic rings. The summed E-state index contributed by atoms with van der Waals surface area (Å²) in [5, 5.41) is 3.41. The molecule has 1 aliphatic rings. The zero-order valence-corrected chi connectivity index (χ0v) is 21.3. The Labute approximate surface area is 210 Å². The van der Waals surface area contributed by atoms with Gasteiger partial charge in [0.25, 0.3) is 5.91 Å². The second-order valence-corrected chi connectivity index (χ2v) is 11.4. The molecule has 11 heteroatoms. The number of primary amides is 1. The third-order valence-electron chi connectivity index (χ3n) is 6.29. The topological polar surface area (TPSA) is 149 Å². The van der Waals surface area contributed by atoms with Crippen LogP contribution in [0.1, 0.15) is 67.9 Å². The van der Waals surface area contributed by atoms with Crippen LogP contribution in [0.3, 0.4) is 0 Å². The molecule has 192 valence electrons. The molecular weight excluding hydrogens is 480 g/mol. The summed E-state index contributed by atoms with van der Waals surface area (Å²) in [5.41, 5.74) is 7.02. The van der Waals surface area contributed by atoms with Crippen molar-refractivity contribution in [3.8, 4) is 0 Å². The van der Waals surface area contributed by atoms with E-state index in [0.717, 1.165) is 43.4 Å². The third kappa shape index (κ3) is 6.08. The average Bonchev–Trinajstić information content (AvgIpc) is 2.83. The van der Waals surface area contributed by atoms with Crippen LogP contribution in [-0.2, 0) is 16.4 Å². The van der Waals surface area contributed by atoms with Crippen LogP contribution in [-0.4, -0.2) is 40.7 Å². The number of aryl methyl sites for hydroxylation is 1. The van der Waals surface area contributed by atoms with E-state index in [0.29, 0.717) is 18.0 Å². The van der Waals surface area contributed by atoms with Crippen molar-refractivity contribution in [3.05, 3.63) is 58.0 Å². The van der Waals surface area contributed by atoms with Gasteiger partial charge in [-0.15, -0.1) is 0 Å². The van der Waals surface area contributed by atoms with Crippen molar-refractivity contribution in [2.75, 3.05) is 11.1 Å². The highest BCUT2D eigenvalue weighted by atomic mass is 32.2. The van der Waals surface area contributed by atoms with Crippen molar-refractivity contribution < 1.29 is 13.2 Å². The lowest BCUT2D eigenvalue weighted by Crippen LogP contribution is -2.32. The Bertz CT molecular complexity index is 1410. The number of anilines is 2. The lowest BCUT2D eigenvalue weighted by molar-refractivity contribution is 0.0998. The number of carbonyl (C=O) groups excluding carboxylic acids is 1. The average molecular weight is 513 g/mol. The number of pyridine rings is 1. The summed E-state index contributed by atoms with van der Waals surface area (Å²) >= 11 is 0. The Balaban J connectivity index is 1.57. The highest BCUT2D eigenvalue weighted by Crippen LogP contribution is 2.30. The van der Waals surface area contributed by atoms with Gasteiger partial charge in [-0.2, -0.15) is 4.98 Å². The van der Waals surface area contributed by atoms with Crippen LogP contribution in [0.5, 0.6) is 0 Å². The van der Waals surface area contributed by atoms with Crippen LogP contribution in [0.2, 0.25) is 0 Å². The lowest BCUT2D eigenvalue weighted by atomic mass is 9.95. The number of carbonyl (C=O) groups is 1. The molecule has 1 aromatic carbocycles. The molecule has 4 rings (SSSR count). The van der Waals surface area contributed by atoms with E-state index in [9.17, 15) is 18.0 Å². The Morgan fingerprint density at radius 1 is 1.17 bits per heavy atom. The lowest BCUT2D eigenvalue weighted by Gasteiger charge is -2.26. The minimum absolute atomic E-state index is 0.0116. The first-order chi connectivity index (χ1) is 17.1. The fourth-order valence-electron chi connectivity index (χ4n) is 4.56. The monoisotopic (exact) mass is 512 g/mol. The van der Waals surface area contributed by atoms with E-state index in [-0.39, 0.29) is 28.8 Å². The Morgan fingerprint density at radius 2 is 1.86 bits per heavy atom. The normalized spacial score (nSPS) is 14.9. The number of hydrogen-bond donors (Lipinski definition) is 3. The molecule has 2 heterocycles. The fourth-order valence-corrected chi connectivity index (χ4v) is 5.90. The molecular formula is C25H32N6O4S. The summed E-state index contributed by atoms with van der Waals surface area (Å²) in [4.78, 5) is 33.7. The summed E-state index contributed by atoms with van der Waals surface area (Å²) in [6.45, 7) is 3.58. The third-order valence-corrected chi connectivity index (χ3v) is 7.86. The summed E-state index contributed by atoms with van der Waals surface area (Å²) in [6.07, 6.45) is 8.54. The van der Waals surface area contributed by atoms with E-state index in [4.69, 9.17) is 5.73 Å². The number of nitrogens with zero attached hydrogens (tertiary/aromatic N) is 3. The predicted molar refractivity (Wildman–Crippen MR) is 140 cm³/mol. The van der Waals surface area contributed by atoms with Crippen molar-refractivity contribution in [1.29, 1.82) is 0 Å². The van der Waals surface area contributed by atoms with Gasteiger partial charge in [-0.1, -0.05) is 31.4 Å². The molecule has 1 saturated carbocycles. The van der Waals surface area contributed by atoms with Crippen molar-refractivity contribution in [1.82, 2.24) is 19.3 Å². The van der Waals surface area contributed by atoms with Gasteiger partial charge in [-0.05, 0) is 50.8 Å². The van der Waals surface area contributed by atoms with Crippen LogP contribution in [0.25, 0.3) is 11.0 Å². The predicted octanol–water partition coefficient (Wildman–Crippen LogP) is 3.01. The maximum Gasteiger partial charge on any atom is 0.254 e. The van der Waals surface area contributed by atoms with Crippen LogP contribution in [0.4, 0.5) is 11.6 Å². The molecule has 0 spiro atoms. The van der Waals surface area contributed by atoms with Gasteiger partial charge in [0.1, 0.15) is 11.2 Å². The second kappa shape index (κ2) is 10.8. The van der Waals surface area contributed by atoms with Gasteiger partial charge in [-0.25, -0.2) is 18.1 Å². The van der Waals surface area contributed by atoms with Gasteiger partial charge in [-0.3, -0.25) is 9.59 Å². The Hall–Kier alpha value is -3.31. The molecule has 0 bridgehead atoms. The first-order valence-corrected chi connectivity index (χ1v) is 13.9. The molecule has 10 nitrogen and oxygen atoms in total. The molecule has 0 saturated heterocycles.